The van der Waals surface area contributed by atoms with E-state index < -0.39 is 8.25 Å². The average molecular weight is 796 g/mol. The maximum atomic E-state index is 14.8. The van der Waals surface area contributed by atoms with E-state index in [2.05, 4.69) is 10.6 Å². The summed E-state index contributed by atoms with van der Waals surface area (Å²) in [5.41, 5.74) is 7.83. The fraction of sp³-hybridized carbons (Fsp3) is 0.478. The molecule has 0 amide bonds. The van der Waals surface area contributed by atoms with Gasteiger partial charge in [0.05, 0.1) is 0 Å². The lowest BCUT2D eigenvalue weighted by molar-refractivity contribution is 0.220. The first-order valence-electron chi connectivity index (χ1n) is 20.4. The Morgan fingerprint density at radius 3 is 1.25 bits per heavy atom. The molecule has 0 atom stereocenters. The van der Waals surface area contributed by atoms with Crippen LogP contribution in [0.25, 0.3) is 0 Å². The monoisotopic (exact) mass is 795 g/mol. The zero-order valence-corrected chi connectivity index (χ0v) is 34.1. The van der Waals surface area contributed by atoms with Crippen molar-refractivity contribution in [2.45, 2.75) is 117 Å². The zero-order valence-electron chi connectivity index (χ0n) is 33.3. The summed E-state index contributed by atoms with van der Waals surface area (Å²) < 4.78 is 78.5. The van der Waals surface area contributed by atoms with E-state index in [1.54, 1.807) is 12.1 Å². The van der Waals surface area contributed by atoms with Gasteiger partial charge in [0.1, 0.15) is 36.5 Å². The third kappa shape index (κ3) is 17.4. The van der Waals surface area contributed by atoms with Crippen LogP contribution in [0.4, 0.5) is 17.6 Å². The number of hydrogen-bond donors (Lipinski definition) is 2. The highest BCUT2D eigenvalue weighted by molar-refractivity contribution is 7.33. The summed E-state index contributed by atoms with van der Waals surface area (Å²) in [4.78, 5) is 0. The molecular weight excluding hydrogens is 735 g/mol. The van der Waals surface area contributed by atoms with E-state index in [1.165, 1.54) is 24.3 Å². The molecule has 0 saturated carbocycles. The second-order valence-corrected chi connectivity index (χ2v) is 15.7. The smallest absolute Gasteiger partial charge is 0.312 e. The average Bonchev–Trinajstić information content (AvgIpc) is 3.18. The fourth-order valence-electron chi connectivity index (χ4n) is 6.83. The van der Waals surface area contributed by atoms with Gasteiger partial charge in [-0.1, -0.05) is 62.1 Å². The van der Waals surface area contributed by atoms with E-state index in [4.69, 9.17) is 9.05 Å². The van der Waals surface area contributed by atoms with E-state index in [-0.39, 0.29) is 36.5 Å². The first kappa shape index (κ1) is 45.2. The van der Waals surface area contributed by atoms with Crippen LogP contribution in [0, 0.1) is 37.1 Å². The van der Waals surface area contributed by atoms with Gasteiger partial charge in [0, 0.05) is 28.8 Å². The first-order chi connectivity index (χ1) is 27.2. The molecular formula is C46H60F4N2O3P+. The van der Waals surface area contributed by atoms with Crippen LogP contribution in [0.5, 0.6) is 0 Å². The van der Waals surface area contributed by atoms with Crippen LogP contribution >= 0.6 is 8.25 Å². The molecule has 0 heterocycles. The van der Waals surface area contributed by atoms with Crippen LogP contribution in [0.2, 0.25) is 0 Å². The van der Waals surface area contributed by atoms with Crippen molar-refractivity contribution in [2.75, 3.05) is 26.3 Å². The van der Waals surface area contributed by atoms with Gasteiger partial charge in [0.2, 0.25) is 0 Å². The number of halogens is 4. The van der Waals surface area contributed by atoms with Gasteiger partial charge >= 0.3 is 8.25 Å². The van der Waals surface area contributed by atoms with Gasteiger partial charge in [0.15, 0.2) is 0 Å². The van der Waals surface area contributed by atoms with Crippen LogP contribution in [-0.4, -0.2) is 26.3 Å². The van der Waals surface area contributed by atoms with Crippen molar-refractivity contribution in [3.8, 4) is 0 Å². The number of aryl methyl sites for hydroxylation is 6. The van der Waals surface area contributed by atoms with E-state index in [1.807, 2.05) is 50.2 Å². The Bertz CT molecular complexity index is 1630. The third-order valence-corrected chi connectivity index (χ3v) is 11.0. The van der Waals surface area contributed by atoms with Crippen LogP contribution in [-0.2, 0) is 52.4 Å². The molecule has 2 N–H and O–H groups in total. The Kier molecular flexibility index (Phi) is 20.8. The van der Waals surface area contributed by atoms with Gasteiger partial charge in [-0.3, -0.25) is 0 Å². The van der Waals surface area contributed by atoms with Crippen molar-refractivity contribution in [1.29, 1.82) is 0 Å². The lowest BCUT2D eigenvalue weighted by Crippen LogP contribution is -2.17. The van der Waals surface area contributed by atoms with E-state index in [0.29, 0.717) is 50.1 Å². The SMILES string of the molecule is Cc1cc(CNCCCO[P+](=O)OCCCNCc2cc(C)c(CCCCCCc3ccc(F)cc3)cc2F)c(F)cc1CCCCCCc1ccc(F)cc1. The molecule has 0 saturated heterocycles. The molecule has 0 unspecified atom stereocenters. The second-order valence-electron chi connectivity index (χ2n) is 14.8. The summed E-state index contributed by atoms with van der Waals surface area (Å²) in [5.74, 6) is -0.820. The maximum Gasteiger partial charge on any atom is 0.697 e. The molecule has 304 valence electrons. The van der Waals surface area contributed by atoms with Crippen molar-refractivity contribution >= 4 is 8.25 Å². The molecule has 4 rings (SSSR count). The quantitative estimate of drug-likeness (QED) is 0.0341. The Hall–Kier alpha value is -3.46. The van der Waals surface area contributed by atoms with Crippen molar-refractivity contribution in [2.24, 2.45) is 0 Å². The molecule has 0 aromatic heterocycles. The van der Waals surface area contributed by atoms with Crippen LogP contribution in [0.15, 0.2) is 72.8 Å². The molecule has 4 aromatic rings. The molecule has 0 bridgehead atoms. The molecule has 0 aliphatic carbocycles. The van der Waals surface area contributed by atoms with E-state index in [9.17, 15) is 22.1 Å². The Morgan fingerprint density at radius 2 is 0.857 bits per heavy atom. The molecule has 56 heavy (non-hydrogen) atoms. The normalized spacial score (nSPS) is 11.4. The summed E-state index contributed by atoms with van der Waals surface area (Å²) in [5, 5.41) is 6.48. The van der Waals surface area contributed by atoms with Crippen molar-refractivity contribution in [3.05, 3.63) is 141 Å². The molecule has 10 heteroatoms. The molecule has 4 aromatic carbocycles. The highest BCUT2D eigenvalue weighted by atomic mass is 31.1. The minimum Gasteiger partial charge on any atom is -0.312 e. The van der Waals surface area contributed by atoms with Gasteiger partial charge in [-0.05, 0) is 161 Å². The summed E-state index contributed by atoms with van der Waals surface area (Å²) in [6.45, 7) is 6.55. The summed E-state index contributed by atoms with van der Waals surface area (Å²) in [7, 11) is -2.23. The van der Waals surface area contributed by atoms with Gasteiger partial charge < -0.3 is 10.6 Å². The third-order valence-electron chi connectivity index (χ3n) is 10.2. The molecule has 0 aliphatic heterocycles. The minimum absolute atomic E-state index is 0.204. The number of unbranched alkanes of at least 4 members (excludes halogenated alkanes) is 6. The van der Waals surface area contributed by atoms with Crippen LogP contribution < -0.4 is 10.6 Å². The van der Waals surface area contributed by atoms with Crippen molar-refractivity contribution in [1.82, 2.24) is 10.6 Å². The lowest BCUT2D eigenvalue weighted by atomic mass is 9.98. The molecule has 0 radical (unpaired) electrons. The molecule has 5 nitrogen and oxygen atoms in total. The standard InChI is InChI=1S/C46H60F4N2O3P/c1-35-29-41(45(49)31-39(35)15-9-5-3-7-13-37-17-21-43(47)22-18-37)33-51-25-11-27-54-56(53)55-28-12-26-52-34-42-30-36(2)40(32-46(42)50)16-10-6-4-8-14-38-19-23-44(48)24-20-38/h17-24,29-32,51-52H,3-16,25-28,33-34H2,1-2H3/q+1. The van der Waals surface area contributed by atoms with Gasteiger partial charge in [0.25, 0.3) is 0 Å². The maximum absolute atomic E-state index is 14.8. The van der Waals surface area contributed by atoms with Gasteiger partial charge in [-0.2, -0.15) is 0 Å². The Labute approximate surface area is 332 Å². The molecule has 0 spiro atoms. The van der Waals surface area contributed by atoms with E-state index >= 15 is 0 Å². The number of hydrogen-bond acceptors (Lipinski definition) is 5. The largest absolute Gasteiger partial charge is 0.697 e. The zero-order chi connectivity index (χ0) is 40.0. The van der Waals surface area contributed by atoms with Gasteiger partial charge in [-0.25, -0.2) is 17.6 Å². The summed E-state index contributed by atoms with van der Waals surface area (Å²) in [6, 6.07) is 20.5. The highest BCUT2D eigenvalue weighted by Gasteiger charge is 2.19. The van der Waals surface area contributed by atoms with Crippen LogP contribution in [0.1, 0.15) is 109 Å². The number of rotatable bonds is 28. The van der Waals surface area contributed by atoms with Crippen molar-refractivity contribution < 1.29 is 31.2 Å². The topological polar surface area (TPSA) is 59.6 Å². The van der Waals surface area contributed by atoms with Crippen LogP contribution in [0.3, 0.4) is 0 Å². The predicted octanol–water partition coefficient (Wildman–Crippen LogP) is 11.9. The van der Waals surface area contributed by atoms with E-state index in [0.717, 1.165) is 110 Å². The number of nitrogens with one attached hydrogen (secondary N) is 2. The summed E-state index contributed by atoms with van der Waals surface area (Å²) >= 11 is 0. The Morgan fingerprint density at radius 1 is 0.482 bits per heavy atom. The molecule has 0 fully saturated rings. The summed E-state index contributed by atoms with van der Waals surface area (Å²) in [6.07, 6.45) is 13.3. The fourth-order valence-corrected chi connectivity index (χ4v) is 7.46. The van der Waals surface area contributed by atoms with Gasteiger partial charge in [-0.15, -0.1) is 9.05 Å². The highest BCUT2D eigenvalue weighted by Crippen LogP contribution is 2.24. The predicted molar refractivity (Wildman–Crippen MR) is 219 cm³/mol. The second kappa shape index (κ2) is 25.7. The Balaban J connectivity index is 0.974. The molecule has 0 aliphatic rings. The minimum atomic E-state index is -2.23. The first-order valence-corrected chi connectivity index (χ1v) is 21.5. The van der Waals surface area contributed by atoms with Crippen molar-refractivity contribution in [3.63, 3.8) is 0 Å². The number of benzene rings is 4. The lowest BCUT2D eigenvalue weighted by Gasteiger charge is -2.11.